The molecule has 0 saturated carbocycles. The van der Waals surface area contributed by atoms with Gasteiger partial charge in [0.1, 0.15) is 5.75 Å². The van der Waals surface area contributed by atoms with E-state index in [0.29, 0.717) is 5.02 Å². The monoisotopic (exact) mass is 477 g/mol. The van der Waals surface area contributed by atoms with E-state index in [1.54, 1.807) is 21.3 Å². The zero-order chi connectivity index (χ0) is 24.3. The quantitative estimate of drug-likeness (QED) is 0.341. The average Bonchev–Trinajstić information content (AvgIpc) is 2.87. The normalized spacial score (nSPS) is 10.5. The summed E-state index contributed by atoms with van der Waals surface area (Å²) >= 11 is 5.98. The first-order valence-electron chi connectivity index (χ1n) is 11.4. The molecule has 0 N–H and O–H groups in total. The Morgan fingerprint density at radius 2 is 1.53 bits per heavy atom. The summed E-state index contributed by atoms with van der Waals surface area (Å²) in [4.78, 5) is 2.36. The minimum atomic E-state index is 0.714. The van der Waals surface area contributed by atoms with Crippen LogP contribution < -0.4 is 14.2 Å². The van der Waals surface area contributed by atoms with E-state index in [1.165, 1.54) is 11.1 Å². The van der Waals surface area contributed by atoms with E-state index in [1.807, 2.05) is 42.5 Å². The number of hydrogen-bond donors (Lipinski definition) is 0. The van der Waals surface area contributed by atoms with Crippen LogP contribution in [0.15, 0.2) is 60.7 Å². The summed E-state index contributed by atoms with van der Waals surface area (Å²) < 4.78 is 16.2. The van der Waals surface area contributed by atoms with Crippen LogP contribution in [0.1, 0.15) is 28.7 Å². The Morgan fingerprint density at radius 1 is 0.765 bits per heavy atom. The van der Waals surface area contributed by atoms with Gasteiger partial charge in [-0.15, -0.1) is 0 Å². The highest BCUT2D eigenvalue weighted by Gasteiger charge is 2.07. The largest absolute Gasteiger partial charge is 0.497 e. The molecule has 5 heteroatoms. The summed E-state index contributed by atoms with van der Waals surface area (Å²) in [5, 5.41) is 0.714. The molecular weight excluding hydrogens is 446 g/mol. The average molecular weight is 478 g/mol. The molecule has 0 bridgehead atoms. The van der Waals surface area contributed by atoms with Gasteiger partial charge in [-0.1, -0.05) is 29.5 Å². The van der Waals surface area contributed by atoms with Gasteiger partial charge in [0.2, 0.25) is 0 Å². The van der Waals surface area contributed by atoms with E-state index in [9.17, 15) is 0 Å². The van der Waals surface area contributed by atoms with Crippen LogP contribution in [-0.2, 0) is 12.8 Å². The number of ether oxygens (including phenoxy) is 3. The van der Waals surface area contributed by atoms with Crippen molar-refractivity contribution in [1.29, 1.82) is 0 Å². The Labute approximate surface area is 208 Å². The van der Waals surface area contributed by atoms with Gasteiger partial charge in [-0.3, -0.25) is 0 Å². The van der Waals surface area contributed by atoms with Crippen LogP contribution in [0, 0.1) is 11.8 Å². The highest BCUT2D eigenvalue weighted by molar-refractivity contribution is 6.30. The van der Waals surface area contributed by atoms with Gasteiger partial charge in [-0.05, 0) is 98.6 Å². The number of nitrogens with zero attached hydrogens (tertiary/aromatic N) is 1. The third-order valence-electron chi connectivity index (χ3n) is 5.71. The van der Waals surface area contributed by atoms with Gasteiger partial charge in [0.05, 0.1) is 21.3 Å². The molecule has 3 aromatic carbocycles. The van der Waals surface area contributed by atoms with Crippen molar-refractivity contribution < 1.29 is 14.2 Å². The predicted octanol–water partition coefficient (Wildman–Crippen LogP) is 5.87. The first-order valence-corrected chi connectivity index (χ1v) is 11.7. The fourth-order valence-electron chi connectivity index (χ4n) is 3.71. The third-order valence-corrected chi connectivity index (χ3v) is 5.97. The Balaban J connectivity index is 1.57. The molecule has 178 valence electrons. The maximum Gasteiger partial charge on any atom is 0.160 e. The summed E-state index contributed by atoms with van der Waals surface area (Å²) in [6, 6.07) is 19.8. The van der Waals surface area contributed by atoms with Gasteiger partial charge in [0, 0.05) is 22.7 Å². The van der Waals surface area contributed by atoms with E-state index in [0.717, 1.165) is 60.7 Å². The maximum absolute atomic E-state index is 5.98. The van der Waals surface area contributed by atoms with Crippen molar-refractivity contribution in [2.75, 3.05) is 41.5 Å². The number of benzene rings is 3. The molecule has 0 aliphatic rings. The Morgan fingerprint density at radius 3 is 2.24 bits per heavy atom. The van der Waals surface area contributed by atoms with Gasteiger partial charge in [-0.25, -0.2) is 0 Å². The maximum atomic E-state index is 5.98. The van der Waals surface area contributed by atoms with Crippen LogP contribution in [-0.4, -0.2) is 46.4 Å². The minimum absolute atomic E-state index is 0.714. The van der Waals surface area contributed by atoms with E-state index < -0.39 is 0 Å². The van der Waals surface area contributed by atoms with Crippen LogP contribution in [0.4, 0.5) is 0 Å². The fraction of sp³-hybridized carbons (Fsp3) is 0.310. The highest BCUT2D eigenvalue weighted by Crippen LogP contribution is 2.27. The lowest BCUT2D eigenvalue weighted by molar-refractivity contribution is 0.332. The van der Waals surface area contributed by atoms with Crippen LogP contribution >= 0.6 is 11.6 Å². The van der Waals surface area contributed by atoms with E-state index in [4.69, 9.17) is 25.8 Å². The van der Waals surface area contributed by atoms with Crippen molar-refractivity contribution in [2.24, 2.45) is 0 Å². The Bertz CT molecular complexity index is 1130. The van der Waals surface area contributed by atoms with Crippen molar-refractivity contribution in [3.05, 3.63) is 87.9 Å². The Kier molecular flexibility index (Phi) is 9.70. The number of likely N-dealkylation sites (N-methyl/N-ethyl adjacent to an activating group) is 1. The molecule has 0 aliphatic carbocycles. The molecule has 0 radical (unpaired) electrons. The molecule has 0 aromatic heterocycles. The molecule has 0 unspecified atom stereocenters. The standard InChI is InChI=1S/C29H32ClNO3/c1-31(19-17-23-10-16-28(33-3)29(20-23)34-4)18-5-6-25-21-27(32-2)15-12-24(25)11-7-22-8-13-26(30)14-9-22/h8-10,12-16,20-21H,5-6,17-19H2,1-4H3. The molecule has 3 rings (SSSR count). The van der Waals surface area contributed by atoms with Crippen LogP contribution in [0.5, 0.6) is 17.2 Å². The van der Waals surface area contributed by atoms with Crippen molar-refractivity contribution in [2.45, 2.75) is 19.3 Å². The zero-order valence-corrected chi connectivity index (χ0v) is 21.1. The molecule has 0 saturated heterocycles. The molecule has 0 aliphatic heterocycles. The number of hydrogen-bond acceptors (Lipinski definition) is 4. The second kappa shape index (κ2) is 12.9. The van der Waals surface area contributed by atoms with Gasteiger partial charge in [-0.2, -0.15) is 0 Å². The summed E-state index contributed by atoms with van der Waals surface area (Å²) in [7, 11) is 7.18. The van der Waals surface area contributed by atoms with E-state index in [2.05, 4.69) is 42.0 Å². The van der Waals surface area contributed by atoms with E-state index >= 15 is 0 Å². The van der Waals surface area contributed by atoms with Crippen LogP contribution in [0.25, 0.3) is 0 Å². The topological polar surface area (TPSA) is 30.9 Å². The van der Waals surface area contributed by atoms with Crippen molar-refractivity contribution >= 4 is 11.6 Å². The molecule has 0 fully saturated rings. The summed E-state index contributed by atoms with van der Waals surface area (Å²) in [5.41, 5.74) is 4.41. The number of aryl methyl sites for hydroxylation is 1. The lowest BCUT2D eigenvalue weighted by atomic mass is 10.0. The molecule has 0 atom stereocenters. The smallest absolute Gasteiger partial charge is 0.160 e. The first kappa shape index (κ1) is 25.5. The summed E-state index contributed by atoms with van der Waals surface area (Å²) in [5.74, 6) is 8.95. The highest BCUT2D eigenvalue weighted by atomic mass is 35.5. The second-order valence-corrected chi connectivity index (χ2v) is 8.56. The number of halogens is 1. The van der Waals surface area contributed by atoms with Gasteiger partial charge in [0.15, 0.2) is 11.5 Å². The molecular formula is C29H32ClNO3. The van der Waals surface area contributed by atoms with Gasteiger partial charge >= 0.3 is 0 Å². The van der Waals surface area contributed by atoms with Gasteiger partial charge < -0.3 is 19.1 Å². The predicted molar refractivity (Wildman–Crippen MR) is 139 cm³/mol. The van der Waals surface area contributed by atoms with Gasteiger partial charge in [0.25, 0.3) is 0 Å². The number of methoxy groups -OCH3 is 3. The summed E-state index contributed by atoms with van der Waals surface area (Å²) in [6.07, 6.45) is 2.92. The zero-order valence-electron chi connectivity index (χ0n) is 20.4. The second-order valence-electron chi connectivity index (χ2n) is 8.13. The van der Waals surface area contributed by atoms with Crippen molar-refractivity contribution in [1.82, 2.24) is 4.90 Å². The Hall–Kier alpha value is -3.13. The molecule has 0 amide bonds. The summed E-state index contributed by atoms with van der Waals surface area (Å²) in [6.45, 7) is 1.96. The van der Waals surface area contributed by atoms with E-state index in [-0.39, 0.29) is 0 Å². The first-order chi connectivity index (χ1) is 16.5. The molecule has 3 aromatic rings. The molecule has 34 heavy (non-hydrogen) atoms. The fourth-order valence-corrected chi connectivity index (χ4v) is 3.83. The third kappa shape index (κ3) is 7.45. The van der Waals surface area contributed by atoms with Crippen molar-refractivity contribution in [3.8, 4) is 29.1 Å². The van der Waals surface area contributed by atoms with Crippen LogP contribution in [0.3, 0.4) is 0 Å². The van der Waals surface area contributed by atoms with Crippen LogP contribution in [0.2, 0.25) is 5.02 Å². The molecule has 0 spiro atoms. The molecule has 4 nitrogen and oxygen atoms in total. The SMILES string of the molecule is COc1ccc(C#Cc2ccc(Cl)cc2)c(CCCN(C)CCc2ccc(OC)c(OC)c2)c1. The number of rotatable bonds is 10. The van der Waals surface area contributed by atoms with Crippen molar-refractivity contribution in [3.63, 3.8) is 0 Å². The minimum Gasteiger partial charge on any atom is -0.497 e. The lowest BCUT2D eigenvalue weighted by Crippen LogP contribution is -2.23. The lowest BCUT2D eigenvalue weighted by Gasteiger charge is -2.17. The molecule has 0 heterocycles.